The lowest BCUT2D eigenvalue weighted by atomic mass is 9.75. The number of rotatable bonds is 3. The molecule has 2 aromatic carbocycles. The van der Waals surface area contributed by atoms with Gasteiger partial charge in [-0.05, 0) is 29.7 Å². The quantitative estimate of drug-likeness (QED) is 0.777. The van der Waals surface area contributed by atoms with Gasteiger partial charge in [0.1, 0.15) is 6.61 Å². The summed E-state index contributed by atoms with van der Waals surface area (Å²) in [7, 11) is 0. The van der Waals surface area contributed by atoms with Crippen LogP contribution in [0.3, 0.4) is 0 Å². The number of ether oxygens (including phenoxy) is 2. The number of piperidine rings is 1. The first-order valence-corrected chi connectivity index (χ1v) is 10.2. The molecule has 2 aliphatic rings. The number of fused-ring (bicyclic) bond motifs is 2. The molecule has 2 unspecified atom stereocenters. The highest BCUT2D eigenvalue weighted by Crippen LogP contribution is 2.44. The van der Waals surface area contributed by atoms with Crippen molar-refractivity contribution in [1.29, 1.82) is 0 Å². The van der Waals surface area contributed by atoms with E-state index in [1.54, 1.807) is 4.90 Å². The van der Waals surface area contributed by atoms with Crippen molar-refractivity contribution >= 4 is 6.09 Å². The molecule has 2 atom stereocenters. The third-order valence-corrected chi connectivity index (χ3v) is 6.11. The Morgan fingerprint density at radius 2 is 1.77 bits per heavy atom. The molecule has 0 aliphatic carbocycles. The van der Waals surface area contributed by atoms with Crippen molar-refractivity contribution in [3.63, 3.8) is 0 Å². The average molecular weight is 435 g/mol. The van der Waals surface area contributed by atoms with Gasteiger partial charge in [-0.1, -0.05) is 42.5 Å². The SMILES string of the molecule is Cc1c(C(F)(F)F)cccc1C1(O)CC2COCC(C1)N2C(=O)OCc1ccccc1. The zero-order valence-electron chi connectivity index (χ0n) is 17.1. The topological polar surface area (TPSA) is 59.0 Å². The summed E-state index contributed by atoms with van der Waals surface area (Å²) in [6.07, 6.45) is -4.86. The second-order valence-corrected chi connectivity index (χ2v) is 8.21. The van der Waals surface area contributed by atoms with Crippen LogP contribution in [0, 0.1) is 6.92 Å². The molecule has 0 aromatic heterocycles. The molecular weight excluding hydrogens is 411 g/mol. The first kappa shape index (κ1) is 21.6. The zero-order chi connectivity index (χ0) is 22.2. The summed E-state index contributed by atoms with van der Waals surface area (Å²) in [4.78, 5) is 14.4. The van der Waals surface area contributed by atoms with Gasteiger partial charge >= 0.3 is 12.3 Å². The number of alkyl halides is 3. The maximum Gasteiger partial charge on any atom is 0.416 e. The van der Waals surface area contributed by atoms with Gasteiger partial charge in [0, 0.05) is 12.8 Å². The summed E-state index contributed by atoms with van der Waals surface area (Å²) in [5.41, 5.74) is -1.14. The minimum atomic E-state index is -4.50. The van der Waals surface area contributed by atoms with Crippen molar-refractivity contribution in [2.45, 2.75) is 50.2 Å². The Morgan fingerprint density at radius 3 is 2.39 bits per heavy atom. The number of benzene rings is 2. The van der Waals surface area contributed by atoms with Crippen molar-refractivity contribution in [3.8, 4) is 0 Å². The van der Waals surface area contributed by atoms with E-state index in [9.17, 15) is 23.1 Å². The molecule has 5 nitrogen and oxygen atoms in total. The lowest BCUT2D eigenvalue weighted by Crippen LogP contribution is -2.62. The van der Waals surface area contributed by atoms with Crippen LogP contribution in [0.25, 0.3) is 0 Å². The number of hydrogen-bond donors (Lipinski definition) is 1. The number of amides is 1. The van der Waals surface area contributed by atoms with E-state index in [4.69, 9.17) is 9.47 Å². The van der Waals surface area contributed by atoms with E-state index in [1.807, 2.05) is 30.3 Å². The standard InChI is InChI=1S/C23H24F3NO4/c1-15-19(8-5-9-20(15)23(24,25)26)22(29)10-17-13-30-14-18(11-22)27(17)21(28)31-12-16-6-3-2-4-7-16/h2-9,17-18,29H,10-14H2,1H3. The van der Waals surface area contributed by atoms with Crippen LogP contribution in [0.15, 0.2) is 48.5 Å². The minimum absolute atomic E-state index is 0.0107. The Labute approximate surface area is 178 Å². The Kier molecular flexibility index (Phi) is 5.70. The predicted octanol–water partition coefficient (Wildman–Crippen LogP) is 4.40. The fourth-order valence-electron chi connectivity index (χ4n) is 4.74. The second kappa shape index (κ2) is 8.16. The molecule has 1 N–H and O–H groups in total. The summed E-state index contributed by atoms with van der Waals surface area (Å²) in [6, 6.07) is 12.2. The average Bonchev–Trinajstić information content (AvgIpc) is 2.71. The molecular formula is C23H24F3NO4. The molecule has 2 heterocycles. The Hall–Kier alpha value is -2.58. The minimum Gasteiger partial charge on any atom is -0.445 e. The largest absolute Gasteiger partial charge is 0.445 e. The molecule has 2 fully saturated rings. The van der Waals surface area contributed by atoms with E-state index in [-0.39, 0.29) is 43.8 Å². The molecule has 4 rings (SSSR count). The van der Waals surface area contributed by atoms with Crippen LogP contribution in [0.4, 0.5) is 18.0 Å². The van der Waals surface area contributed by atoms with Gasteiger partial charge in [0.15, 0.2) is 0 Å². The summed E-state index contributed by atoms with van der Waals surface area (Å²) in [6.45, 7) is 1.88. The number of carbonyl (C=O) groups excluding carboxylic acids is 1. The molecule has 0 spiro atoms. The maximum absolute atomic E-state index is 13.4. The van der Waals surface area contributed by atoms with E-state index < -0.39 is 35.5 Å². The number of nitrogens with zero attached hydrogens (tertiary/aromatic N) is 1. The van der Waals surface area contributed by atoms with Gasteiger partial charge in [0.2, 0.25) is 0 Å². The fourth-order valence-corrected chi connectivity index (χ4v) is 4.74. The van der Waals surface area contributed by atoms with Gasteiger partial charge in [0.05, 0.1) is 36.5 Å². The van der Waals surface area contributed by atoms with E-state index in [2.05, 4.69) is 0 Å². The molecule has 0 saturated carbocycles. The van der Waals surface area contributed by atoms with Gasteiger partial charge in [-0.15, -0.1) is 0 Å². The highest BCUT2D eigenvalue weighted by molar-refractivity contribution is 5.69. The lowest BCUT2D eigenvalue weighted by Gasteiger charge is -2.51. The number of halogens is 3. The first-order valence-electron chi connectivity index (χ1n) is 10.2. The third kappa shape index (κ3) is 4.27. The summed E-state index contributed by atoms with van der Waals surface area (Å²) in [5.74, 6) is 0. The monoisotopic (exact) mass is 435 g/mol. The summed E-state index contributed by atoms with van der Waals surface area (Å²) >= 11 is 0. The van der Waals surface area contributed by atoms with Crippen LogP contribution >= 0.6 is 0 Å². The zero-order valence-corrected chi connectivity index (χ0v) is 17.1. The predicted molar refractivity (Wildman–Crippen MR) is 106 cm³/mol. The Balaban J connectivity index is 1.55. The van der Waals surface area contributed by atoms with E-state index in [0.717, 1.165) is 11.6 Å². The Bertz CT molecular complexity index is 934. The van der Waals surface area contributed by atoms with Gasteiger partial charge < -0.3 is 14.6 Å². The lowest BCUT2D eigenvalue weighted by molar-refractivity contribution is -0.141. The van der Waals surface area contributed by atoms with Crippen molar-refractivity contribution in [3.05, 3.63) is 70.8 Å². The van der Waals surface area contributed by atoms with Crippen molar-refractivity contribution < 1.29 is 32.5 Å². The first-order chi connectivity index (χ1) is 14.7. The van der Waals surface area contributed by atoms with Crippen molar-refractivity contribution in [1.82, 2.24) is 4.90 Å². The van der Waals surface area contributed by atoms with Crippen LogP contribution in [-0.2, 0) is 27.9 Å². The normalized spacial score (nSPS) is 25.9. The highest BCUT2D eigenvalue weighted by Gasteiger charge is 2.50. The molecule has 2 aliphatic heterocycles. The molecule has 2 aromatic rings. The van der Waals surface area contributed by atoms with Gasteiger partial charge in [-0.3, -0.25) is 4.90 Å². The number of carbonyl (C=O) groups is 1. The van der Waals surface area contributed by atoms with Crippen molar-refractivity contribution in [2.24, 2.45) is 0 Å². The van der Waals surface area contributed by atoms with Crippen LogP contribution in [0.1, 0.15) is 35.1 Å². The van der Waals surface area contributed by atoms with Gasteiger partial charge in [-0.25, -0.2) is 4.79 Å². The smallest absolute Gasteiger partial charge is 0.416 e. The van der Waals surface area contributed by atoms with Gasteiger partial charge in [0.25, 0.3) is 0 Å². The van der Waals surface area contributed by atoms with E-state index >= 15 is 0 Å². The van der Waals surface area contributed by atoms with E-state index in [1.165, 1.54) is 19.1 Å². The second-order valence-electron chi connectivity index (χ2n) is 8.21. The number of aliphatic hydroxyl groups is 1. The molecule has 0 radical (unpaired) electrons. The molecule has 8 heteroatoms. The number of morpholine rings is 1. The summed E-state index contributed by atoms with van der Waals surface area (Å²) in [5, 5.41) is 11.4. The van der Waals surface area contributed by atoms with Crippen LogP contribution in [0.2, 0.25) is 0 Å². The molecule has 1 amide bonds. The highest BCUT2D eigenvalue weighted by atomic mass is 19.4. The van der Waals surface area contributed by atoms with Crippen LogP contribution in [0.5, 0.6) is 0 Å². The van der Waals surface area contributed by atoms with E-state index in [0.29, 0.717) is 0 Å². The molecule has 2 saturated heterocycles. The Morgan fingerprint density at radius 1 is 1.13 bits per heavy atom. The van der Waals surface area contributed by atoms with Crippen molar-refractivity contribution in [2.75, 3.05) is 13.2 Å². The summed E-state index contributed by atoms with van der Waals surface area (Å²) < 4.78 is 51.2. The van der Waals surface area contributed by atoms with Gasteiger partial charge in [-0.2, -0.15) is 13.2 Å². The third-order valence-electron chi connectivity index (χ3n) is 6.11. The molecule has 31 heavy (non-hydrogen) atoms. The molecule has 166 valence electrons. The molecule has 2 bridgehead atoms. The van der Waals surface area contributed by atoms with Crippen LogP contribution in [-0.4, -0.2) is 41.4 Å². The fraction of sp³-hybridized carbons (Fsp3) is 0.435. The number of hydrogen-bond acceptors (Lipinski definition) is 4. The maximum atomic E-state index is 13.4. The van der Waals surface area contributed by atoms with Crippen LogP contribution < -0.4 is 0 Å².